The first-order valence-corrected chi connectivity index (χ1v) is 10.8. The Balaban J connectivity index is 2.60. The molecule has 10 heteroatoms. The van der Waals surface area contributed by atoms with Gasteiger partial charge in [-0.1, -0.05) is 12.1 Å². The molecule has 0 heterocycles. The predicted octanol–water partition coefficient (Wildman–Crippen LogP) is 6.72. The molecule has 0 radical (unpaired) electrons. The van der Waals surface area contributed by atoms with Crippen molar-refractivity contribution in [1.82, 2.24) is 0 Å². The van der Waals surface area contributed by atoms with E-state index in [1.54, 1.807) is 0 Å². The molecular formula is C20H16F6O2S2. The van der Waals surface area contributed by atoms with E-state index in [0.29, 0.717) is 12.1 Å². The lowest BCUT2D eigenvalue weighted by Crippen LogP contribution is -2.22. The van der Waals surface area contributed by atoms with Crippen molar-refractivity contribution in [1.29, 1.82) is 0 Å². The summed E-state index contributed by atoms with van der Waals surface area (Å²) in [5, 5.41) is 0. The maximum atomic E-state index is 13.4. The van der Waals surface area contributed by atoms with Gasteiger partial charge in [0.1, 0.15) is 11.7 Å². The molecule has 2 nitrogen and oxygen atoms in total. The van der Waals surface area contributed by atoms with E-state index in [-0.39, 0.29) is 15.4 Å². The van der Waals surface area contributed by atoms with Crippen LogP contribution in [0.4, 0.5) is 26.3 Å². The summed E-state index contributed by atoms with van der Waals surface area (Å²) >= 11 is 1.68. The van der Waals surface area contributed by atoms with E-state index in [1.807, 2.05) is 0 Å². The number of hydrogen-bond donors (Lipinski definition) is 0. The highest BCUT2D eigenvalue weighted by atomic mass is 32.2. The molecule has 2 aromatic rings. The molecule has 0 aliphatic rings. The number of Topliss-reactive ketones (excluding diaryl/α,β-unsaturated/α-hetero) is 2. The number of alkyl halides is 6. The van der Waals surface area contributed by atoms with Crippen LogP contribution in [0, 0.1) is 0 Å². The van der Waals surface area contributed by atoms with Gasteiger partial charge >= 0.3 is 12.4 Å². The number of carbonyl (C=O) groups excluding carboxylic acids is 2. The summed E-state index contributed by atoms with van der Waals surface area (Å²) < 4.78 is 80.0. The summed E-state index contributed by atoms with van der Waals surface area (Å²) in [6.07, 6.45) is -6.56. The molecule has 1 atom stereocenters. The van der Waals surface area contributed by atoms with E-state index in [0.717, 1.165) is 48.6 Å². The number of carbonyl (C=O) groups is 2. The second kappa shape index (κ2) is 9.05. The van der Waals surface area contributed by atoms with Gasteiger partial charge in [0.25, 0.3) is 0 Å². The van der Waals surface area contributed by atoms with Gasteiger partial charge in [-0.05, 0) is 49.3 Å². The summed E-state index contributed by atoms with van der Waals surface area (Å²) in [6, 6.07) is 5.94. The Hall–Kier alpha value is -1.94. The second-order valence-corrected chi connectivity index (χ2v) is 7.97. The van der Waals surface area contributed by atoms with Gasteiger partial charge in [-0.25, -0.2) is 0 Å². The molecular weight excluding hydrogens is 450 g/mol. The maximum absolute atomic E-state index is 13.4. The third-order valence-electron chi connectivity index (χ3n) is 4.32. The van der Waals surface area contributed by atoms with Crippen LogP contribution in [0.3, 0.4) is 0 Å². The van der Waals surface area contributed by atoms with Crippen LogP contribution in [0.2, 0.25) is 0 Å². The van der Waals surface area contributed by atoms with Crippen LogP contribution in [0.25, 0.3) is 0 Å². The maximum Gasteiger partial charge on any atom is 0.417 e. The Morgan fingerprint density at radius 1 is 0.800 bits per heavy atom. The SMILES string of the molecule is CSc1ccc(C(=O)C(C(C)=O)c2ccc(SC)c(C(F)(F)F)c2)cc1C(F)(F)F. The Labute approximate surface area is 177 Å². The highest BCUT2D eigenvalue weighted by molar-refractivity contribution is 7.98. The predicted molar refractivity (Wildman–Crippen MR) is 104 cm³/mol. The second-order valence-electron chi connectivity index (χ2n) is 6.28. The molecule has 0 aliphatic heterocycles. The Bertz CT molecular complexity index is 967. The van der Waals surface area contributed by atoms with Crippen LogP contribution < -0.4 is 0 Å². The van der Waals surface area contributed by atoms with E-state index in [1.165, 1.54) is 18.6 Å². The number of benzene rings is 2. The first-order chi connectivity index (χ1) is 13.8. The van der Waals surface area contributed by atoms with E-state index < -0.39 is 46.5 Å². The van der Waals surface area contributed by atoms with Gasteiger partial charge in [0.05, 0.1) is 11.1 Å². The Morgan fingerprint density at radius 2 is 1.27 bits per heavy atom. The molecule has 2 rings (SSSR count). The molecule has 0 saturated heterocycles. The third-order valence-corrected chi connectivity index (χ3v) is 5.91. The number of rotatable bonds is 6. The fourth-order valence-corrected chi connectivity index (χ4v) is 4.14. The molecule has 0 amide bonds. The first-order valence-electron chi connectivity index (χ1n) is 8.36. The quantitative estimate of drug-likeness (QED) is 0.205. The van der Waals surface area contributed by atoms with Crippen LogP contribution in [0.1, 0.15) is 39.9 Å². The summed E-state index contributed by atoms with van der Waals surface area (Å²) in [5.74, 6) is -3.42. The van der Waals surface area contributed by atoms with Crippen LogP contribution in [-0.2, 0) is 17.1 Å². The average molecular weight is 466 g/mol. The number of thioether (sulfide) groups is 2. The minimum atomic E-state index is -4.73. The highest BCUT2D eigenvalue weighted by Gasteiger charge is 2.37. The van der Waals surface area contributed by atoms with Gasteiger partial charge in [-0.3, -0.25) is 9.59 Å². The minimum absolute atomic E-state index is 0.0929. The van der Waals surface area contributed by atoms with Crippen molar-refractivity contribution in [3.63, 3.8) is 0 Å². The van der Waals surface area contributed by atoms with Gasteiger partial charge in [0, 0.05) is 15.4 Å². The van der Waals surface area contributed by atoms with E-state index in [9.17, 15) is 35.9 Å². The van der Waals surface area contributed by atoms with Gasteiger partial charge < -0.3 is 0 Å². The van der Waals surface area contributed by atoms with Gasteiger partial charge in [0.15, 0.2) is 5.78 Å². The van der Waals surface area contributed by atoms with Crippen LogP contribution in [-0.4, -0.2) is 24.1 Å². The number of halogens is 6. The van der Waals surface area contributed by atoms with E-state index in [4.69, 9.17) is 0 Å². The van der Waals surface area contributed by atoms with Crippen molar-refractivity contribution >= 4 is 35.1 Å². The van der Waals surface area contributed by atoms with Crippen molar-refractivity contribution in [2.75, 3.05) is 12.5 Å². The van der Waals surface area contributed by atoms with Crippen LogP contribution in [0.5, 0.6) is 0 Å². The van der Waals surface area contributed by atoms with Crippen molar-refractivity contribution in [3.05, 3.63) is 58.7 Å². The van der Waals surface area contributed by atoms with Gasteiger partial charge in [-0.2, -0.15) is 26.3 Å². The fourth-order valence-electron chi connectivity index (χ4n) is 2.95. The van der Waals surface area contributed by atoms with Crippen molar-refractivity contribution in [2.24, 2.45) is 0 Å². The van der Waals surface area contributed by atoms with Crippen LogP contribution in [0.15, 0.2) is 46.2 Å². The molecule has 162 valence electrons. The smallest absolute Gasteiger partial charge is 0.299 e. The van der Waals surface area contributed by atoms with Gasteiger partial charge in [-0.15, -0.1) is 23.5 Å². The number of hydrogen-bond acceptors (Lipinski definition) is 4. The lowest BCUT2D eigenvalue weighted by molar-refractivity contribution is -0.140. The molecule has 0 spiro atoms. The molecule has 30 heavy (non-hydrogen) atoms. The summed E-state index contributed by atoms with van der Waals surface area (Å²) in [6.45, 7) is 1.01. The Morgan fingerprint density at radius 3 is 1.70 bits per heavy atom. The molecule has 0 bridgehead atoms. The average Bonchev–Trinajstić information content (AvgIpc) is 2.65. The largest absolute Gasteiger partial charge is 0.417 e. The molecule has 0 aromatic heterocycles. The number of ketones is 2. The van der Waals surface area contributed by atoms with E-state index in [2.05, 4.69) is 0 Å². The molecule has 0 saturated carbocycles. The van der Waals surface area contributed by atoms with Crippen LogP contribution >= 0.6 is 23.5 Å². The monoisotopic (exact) mass is 466 g/mol. The highest BCUT2D eigenvalue weighted by Crippen LogP contribution is 2.40. The first kappa shape index (κ1) is 24.3. The standard InChI is InChI=1S/C20H16F6O2S2/c1-10(27)17(11-4-6-15(29-2)13(8-11)19(21,22)23)18(28)12-5-7-16(30-3)14(9-12)20(24,25)26/h4-9,17H,1-3H3. The van der Waals surface area contributed by atoms with Crippen molar-refractivity contribution in [2.45, 2.75) is 35.0 Å². The summed E-state index contributed by atoms with van der Waals surface area (Å²) in [5.41, 5.74) is -2.68. The summed E-state index contributed by atoms with van der Waals surface area (Å²) in [4.78, 5) is 24.8. The fraction of sp³-hybridized carbons (Fsp3) is 0.300. The molecule has 2 aromatic carbocycles. The molecule has 0 N–H and O–H groups in total. The zero-order chi connectivity index (χ0) is 22.9. The molecule has 1 unspecified atom stereocenters. The van der Waals surface area contributed by atoms with E-state index >= 15 is 0 Å². The lowest BCUT2D eigenvalue weighted by atomic mass is 9.86. The summed E-state index contributed by atoms with van der Waals surface area (Å²) in [7, 11) is 0. The Kier molecular flexibility index (Phi) is 7.34. The normalized spacial score (nSPS) is 13.2. The minimum Gasteiger partial charge on any atom is -0.299 e. The zero-order valence-electron chi connectivity index (χ0n) is 15.9. The lowest BCUT2D eigenvalue weighted by Gasteiger charge is -2.19. The topological polar surface area (TPSA) is 34.1 Å². The van der Waals surface area contributed by atoms with Crippen molar-refractivity contribution < 1.29 is 35.9 Å². The van der Waals surface area contributed by atoms with Gasteiger partial charge in [0.2, 0.25) is 0 Å². The molecule has 0 fully saturated rings. The zero-order valence-corrected chi connectivity index (χ0v) is 17.6. The third kappa shape index (κ3) is 5.21. The van der Waals surface area contributed by atoms with Crippen molar-refractivity contribution in [3.8, 4) is 0 Å². The molecule has 0 aliphatic carbocycles.